The highest BCUT2D eigenvalue weighted by molar-refractivity contribution is 5.84. The summed E-state index contributed by atoms with van der Waals surface area (Å²) < 4.78 is 7.77. The highest BCUT2D eigenvalue weighted by Crippen LogP contribution is 2.27. The maximum atomic E-state index is 10.5. The first-order chi connectivity index (χ1) is 15.1. The molecule has 1 N–H and O–H groups in total. The summed E-state index contributed by atoms with van der Waals surface area (Å²) in [6.07, 6.45) is 2.53. The van der Waals surface area contributed by atoms with Crippen molar-refractivity contribution in [3.63, 3.8) is 0 Å². The predicted molar refractivity (Wildman–Crippen MR) is 123 cm³/mol. The Labute approximate surface area is 182 Å². The standard InChI is InChI=1S/C26H27N3O2/c1-28-15-23-13-21(9-10-26(23)27-28)20-7-4-8-25(14-20)31-18-24(30)17-29-12-11-19-5-2-3-6-22(19)16-29/h2-10,13-15,24,30H,11-12,16-18H2,1H3. The number of β-amino-alcohol motifs (C(OH)–C–C–N with tert-alkyl or cyclic N) is 1. The molecular formula is C26H27N3O2. The number of ether oxygens (including phenoxy) is 1. The average Bonchev–Trinajstić information content (AvgIpc) is 3.17. The average molecular weight is 414 g/mol. The summed E-state index contributed by atoms with van der Waals surface area (Å²) in [5.41, 5.74) is 5.98. The maximum Gasteiger partial charge on any atom is 0.120 e. The first-order valence-electron chi connectivity index (χ1n) is 10.8. The number of aryl methyl sites for hydroxylation is 1. The van der Waals surface area contributed by atoms with Gasteiger partial charge in [0, 0.05) is 38.3 Å². The van der Waals surface area contributed by atoms with Gasteiger partial charge in [0.1, 0.15) is 18.5 Å². The maximum absolute atomic E-state index is 10.5. The SMILES string of the molecule is Cn1cc2cc(-c3cccc(OCC(O)CN4CCc5ccccc5C4)c3)ccc2n1. The number of rotatable bonds is 6. The second-order valence-electron chi connectivity index (χ2n) is 8.32. The Morgan fingerprint density at radius 3 is 2.74 bits per heavy atom. The van der Waals surface area contributed by atoms with Crippen LogP contribution < -0.4 is 4.74 Å². The highest BCUT2D eigenvalue weighted by atomic mass is 16.5. The number of hydrogen-bond donors (Lipinski definition) is 1. The lowest BCUT2D eigenvalue weighted by Crippen LogP contribution is -2.38. The fraction of sp³-hybridized carbons (Fsp3) is 0.269. The van der Waals surface area contributed by atoms with Crippen molar-refractivity contribution in [3.8, 4) is 16.9 Å². The van der Waals surface area contributed by atoms with Gasteiger partial charge < -0.3 is 9.84 Å². The van der Waals surface area contributed by atoms with E-state index < -0.39 is 6.10 Å². The van der Waals surface area contributed by atoms with Gasteiger partial charge in [-0.2, -0.15) is 5.10 Å². The van der Waals surface area contributed by atoms with Gasteiger partial charge in [0.25, 0.3) is 0 Å². The Morgan fingerprint density at radius 1 is 1.00 bits per heavy atom. The van der Waals surface area contributed by atoms with Crippen molar-refractivity contribution in [1.82, 2.24) is 14.7 Å². The van der Waals surface area contributed by atoms with Crippen LogP contribution in [0.3, 0.4) is 0 Å². The molecule has 1 atom stereocenters. The lowest BCUT2D eigenvalue weighted by atomic mass is 10.00. The molecule has 1 unspecified atom stereocenters. The van der Waals surface area contributed by atoms with Crippen LogP contribution in [0.1, 0.15) is 11.1 Å². The fourth-order valence-electron chi connectivity index (χ4n) is 4.35. The van der Waals surface area contributed by atoms with E-state index in [1.807, 2.05) is 42.2 Å². The van der Waals surface area contributed by atoms with Gasteiger partial charge in [0.2, 0.25) is 0 Å². The zero-order valence-electron chi connectivity index (χ0n) is 17.7. The zero-order valence-corrected chi connectivity index (χ0v) is 17.7. The number of benzene rings is 3. The number of aromatic nitrogens is 2. The van der Waals surface area contributed by atoms with Crippen LogP contribution in [0, 0.1) is 0 Å². The molecular weight excluding hydrogens is 386 g/mol. The monoisotopic (exact) mass is 413 g/mol. The van der Waals surface area contributed by atoms with Crippen LogP contribution in [0.4, 0.5) is 0 Å². The molecule has 158 valence electrons. The lowest BCUT2D eigenvalue weighted by Gasteiger charge is -2.30. The molecule has 31 heavy (non-hydrogen) atoms. The molecule has 5 rings (SSSR count). The Hall–Kier alpha value is -3.15. The van der Waals surface area contributed by atoms with E-state index in [0.717, 1.165) is 47.3 Å². The van der Waals surface area contributed by atoms with Crippen molar-refractivity contribution in [3.05, 3.63) is 84.1 Å². The van der Waals surface area contributed by atoms with Crippen molar-refractivity contribution >= 4 is 10.9 Å². The Bertz CT molecular complexity index is 1200. The van der Waals surface area contributed by atoms with Crippen molar-refractivity contribution in [2.45, 2.75) is 19.1 Å². The molecule has 0 saturated carbocycles. The molecule has 2 heterocycles. The Morgan fingerprint density at radius 2 is 1.84 bits per heavy atom. The number of hydrogen-bond acceptors (Lipinski definition) is 4. The predicted octanol–water partition coefficient (Wildman–Crippen LogP) is 4.04. The van der Waals surface area contributed by atoms with E-state index in [1.54, 1.807) is 0 Å². The summed E-state index contributed by atoms with van der Waals surface area (Å²) in [6, 6.07) is 22.9. The van der Waals surface area contributed by atoms with Gasteiger partial charge in [0.05, 0.1) is 5.52 Å². The molecule has 0 saturated heterocycles. The van der Waals surface area contributed by atoms with E-state index in [2.05, 4.69) is 52.5 Å². The minimum absolute atomic E-state index is 0.281. The van der Waals surface area contributed by atoms with Crippen LogP contribution >= 0.6 is 0 Å². The molecule has 1 aliphatic heterocycles. The third kappa shape index (κ3) is 4.48. The van der Waals surface area contributed by atoms with E-state index in [1.165, 1.54) is 11.1 Å². The quantitative estimate of drug-likeness (QED) is 0.518. The van der Waals surface area contributed by atoms with Crippen LogP contribution in [0.5, 0.6) is 5.75 Å². The van der Waals surface area contributed by atoms with Crippen molar-refractivity contribution in [2.75, 3.05) is 19.7 Å². The molecule has 0 aliphatic carbocycles. The van der Waals surface area contributed by atoms with Crippen LogP contribution in [-0.4, -0.2) is 45.6 Å². The van der Waals surface area contributed by atoms with Gasteiger partial charge in [-0.15, -0.1) is 0 Å². The Balaban J connectivity index is 1.20. The van der Waals surface area contributed by atoms with Gasteiger partial charge in [0.15, 0.2) is 0 Å². The fourth-order valence-corrected chi connectivity index (χ4v) is 4.35. The first kappa shape index (κ1) is 19.8. The van der Waals surface area contributed by atoms with Gasteiger partial charge in [-0.1, -0.05) is 42.5 Å². The van der Waals surface area contributed by atoms with Crippen LogP contribution in [-0.2, 0) is 20.0 Å². The van der Waals surface area contributed by atoms with Crippen LogP contribution in [0.25, 0.3) is 22.0 Å². The molecule has 0 fully saturated rings. The van der Waals surface area contributed by atoms with E-state index in [4.69, 9.17) is 4.74 Å². The molecule has 1 aliphatic rings. The topological polar surface area (TPSA) is 50.5 Å². The van der Waals surface area contributed by atoms with Crippen molar-refractivity contribution < 1.29 is 9.84 Å². The van der Waals surface area contributed by atoms with Crippen LogP contribution in [0.2, 0.25) is 0 Å². The second-order valence-corrected chi connectivity index (χ2v) is 8.32. The zero-order chi connectivity index (χ0) is 21.2. The van der Waals surface area contributed by atoms with E-state index in [0.29, 0.717) is 6.54 Å². The highest BCUT2D eigenvalue weighted by Gasteiger charge is 2.18. The summed E-state index contributed by atoms with van der Waals surface area (Å²) in [5.74, 6) is 0.770. The molecule has 0 amide bonds. The summed E-state index contributed by atoms with van der Waals surface area (Å²) in [4.78, 5) is 2.30. The van der Waals surface area contributed by atoms with Gasteiger partial charge >= 0.3 is 0 Å². The smallest absolute Gasteiger partial charge is 0.120 e. The number of aliphatic hydroxyl groups excluding tert-OH is 1. The minimum Gasteiger partial charge on any atom is -0.491 e. The minimum atomic E-state index is -0.527. The third-order valence-electron chi connectivity index (χ3n) is 5.91. The molecule has 4 aromatic rings. The summed E-state index contributed by atoms with van der Waals surface area (Å²) in [5, 5.41) is 16.1. The molecule has 5 nitrogen and oxygen atoms in total. The Kier molecular flexibility index (Phi) is 5.45. The van der Waals surface area contributed by atoms with Crippen molar-refractivity contribution in [1.29, 1.82) is 0 Å². The molecule has 1 aromatic heterocycles. The van der Waals surface area contributed by atoms with Gasteiger partial charge in [-0.05, 0) is 52.9 Å². The van der Waals surface area contributed by atoms with Gasteiger partial charge in [-0.25, -0.2) is 0 Å². The van der Waals surface area contributed by atoms with Crippen molar-refractivity contribution in [2.24, 2.45) is 7.05 Å². The molecule has 0 radical (unpaired) electrons. The number of fused-ring (bicyclic) bond motifs is 2. The lowest BCUT2D eigenvalue weighted by molar-refractivity contribution is 0.0638. The second kappa shape index (κ2) is 8.53. The van der Waals surface area contributed by atoms with E-state index in [-0.39, 0.29) is 6.61 Å². The first-order valence-corrected chi connectivity index (χ1v) is 10.8. The summed E-state index contributed by atoms with van der Waals surface area (Å²) >= 11 is 0. The van der Waals surface area contributed by atoms with Crippen LogP contribution in [0.15, 0.2) is 72.9 Å². The van der Waals surface area contributed by atoms with E-state index >= 15 is 0 Å². The largest absolute Gasteiger partial charge is 0.491 e. The number of nitrogens with zero attached hydrogens (tertiary/aromatic N) is 3. The normalized spacial score (nSPS) is 15.0. The number of aliphatic hydroxyl groups is 1. The molecule has 5 heteroatoms. The van der Waals surface area contributed by atoms with E-state index in [9.17, 15) is 5.11 Å². The summed E-state index contributed by atoms with van der Waals surface area (Å²) in [7, 11) is 1.93. The third-order valence-corrected chi connectivity index (χ3v) is 5.91. The molecule has 0 spiro atoms. The molecule has 3 aromatic carbocycles. The molecule has 0 bridgehead atoms. The summed E-state index contributed by atoms with van der Waals surface area (Å²) in [6.45, 7) is 2.76. The van der Waals surface area contributed by atoms with Gasteiger partial charge in [-0.3, -0.25) is 9.58 Å².